The third-order valence-electron chi connectivity index (χ3n) is 4.09. The van der Waals surface area contributed by atoms with Crippen molar-refractivity contribution in [1.29, 1.82) is 0 Å². The number of benzene rings is 1. The second-order valence-corrected chi connectivity index (χ2v) is 5.41. The van der Waals surface area contributed by atoms with E-state index in [-0.39, 0.29) is 12.1 Å². The van der Waals surface area contributed by atoms with Gasteiger partial charge in [0.15, 0.2) is 0 Å². The molecule has 0 saturated carbocycles. The summed E-state index contributed by atoms with van der Waals surface area (Å²) < 4.78 is 16.0. The Kier molecular flexibility index (Phi) is 5.13. The van der Waals surface area contributed by atoms with E-state index in [1.807, 2.05) is 20.0 Å². The van der Waals surface area contributed by atoms with E-state index in [1.165, 1.54) is 7.11 Å². The van der Waals surface area contributed by atoms with Gasteiger partial charge in [-0.25, -0.2) is 4.79 Å². The van der Waals surface area contributed by atoms with Gasteiger partial charge < -0.3 is 24.4 Å². The number of amides is 1. The monoisotopic (exact) mass is 308 g/mol. The number of rotatable bonds is 4. The molecule has 1 aliphatic heterocycles. The molecule has 2 rings (SSSR count). The Morgan fingerprint density at radius 3 is 2.59 bits per heavy atom. The first-order chi connectivity index (χ1) is 10.6. The molecular formula is C16H24N2O4. The van der Waals surface area contributed by atoms with Gasteiger partial charge >= 0.3 is 6.09 Å². The molecule has 1 aliphatic rings. The van der Waals surface area contributed by atoms with Crippen LogP contribution in [0.4, 0.5) is 4.79 Å². The van der Waals surface area contributed by atoms with Crippen molar-refractivity contribution in [1.82, 2.24) is 10.2 Å². The summed E-state index contributed by atoms with van der Waals surface area (Å²) in [5.41, 5.74) is 3.15. The quantitative estimate of drug-likeness (QED) is 0.921. The summed E-state index contributed by atoms with van der Waals surface area (Å²) in [5.74, 6) is 1.66. The Morgan fingerprint density at radius 1 is 1.32 bits per heavy atom. The molecule has 1 aromatic carbocycles. The first-order valence-corrected chi connectivity index (χ1v) is 7.32. The highest BCUT2D eigenvalue weighted by molar-refractivity contribution is 5.69. The molecular weight excluding hydrogens is 284 g/mol. The topological polar surface area (TPSA) is 60.0 Å². The fraction of sp³-hybridized carbons (Fsp3) is 0.562. The van der Waals surface area contributed by atoms with Gasteiger partial charge in [0, 0.05) is 29.3 Å². The summed E-state index contributed by atoms with van der Waals surface area (Å²) >= 11 is 0. The standard InChI is InChI=1S/C16H24N2O4/c1-10-6-12-13(9-18(10)16(19)22-5)14(20-3)7-11(8-17-2)15(12)21-4/h7,10,17H,6,8-9H2,1-5H3. The summed E-state index contributed by atoms with van der Waals surface area (Å²) in [6.45, 7) is 3.17. The van der Waals surface area contributed by atoms with Crippen LogP contribution in [0.15, 0.2) is 6.07 Å². The van der Waals surface area contributed by atoms with E-state index in [4.69, 9.17) is 14.2 Å². The first kappa shape index (κ1) is 16.4. The van der Waals surface area contributed by atoms with E-state index in [2.05, 4.69) is 5.32 Å². The lowest BCUT2D eigenvalue weighted by Crippen LogP contribution is -2.42. The van der Waals surface area contributed by atoms with Gasteiger partial charge in [-0.1, -0.05) is 0 Å². The zero-order valence-electron chi connectivity index (χ0n) is 13.9. The van der Waals surface area contributed by atoms with E-state index >= 15 is 0 Å². The van der Waals surface area contributed by atoms with Crippen LogP contribution in [0.1, 0.15) is 23.6 Å². The lowest BCUT2D eigenvalue weighted by Gasteiger charge is -2.35. The average Bonchev–Trinajstić information content (AvgIpc) is 2.53. The number of methoxy groups -OCH3 is 3. The van der Waals surface area contributed by atoms with Gasteiger partial charge in [0.05, 0.1) is 27.9 Å². The molecule has 0 bridgehead atoms. The maximum absolute atomic E-state index is 11.9. The number of hydrogen-bond acceptors (Lipinski definition) is 5. The van der Waals surface area contributed by atoms with Crippen LogP contribution < -0.4 is 14.8 Å². The van der Waals surface area contributed by atoms with Gasteiger partial charge in [0.25, 0.3) is 0 Å². The number of ether oxygens (including phenoxy) is 3. The Labute approximate surface area is 131 Å². The normalized spacial score (nSPS) is 17.0. The molecule has 1 unspecified atom stereocenters. The Hall–Kier alpha value is -1.95. The maximum atomic E-state index is 11.9. The Balaban J connectivity index is 2.53. The maximum Gasteiger partial charge on any atom is 0.410 e. The van der Waals surface area contributed by atoms with Crippen LogP contribution in [0.3, 0.4) is 0 Å². The van der Waals surface area contributed by atoms with Gasteiger partial charge in [-0.05, 0) is 26.5 Å². The third kappa shape index (κ3) is 2.83. The second kappa shape index (κ2) is 6.87. The molecule has 0 saturated heterocycles. The Morgan fingerprint density at radius 2 is 2.05 bits per heavy atom. The van der Waals surface area contributed by atoms with Crippen LogP contribution in [0, 0.1) is 0 Å². The SMILES string of the molecule is CNCc1cc(OC)c2c(c1OC)CC(C)N(C(=O)OC)C2. The summed E-state index contributed by atoms with van der Waals surface area (Å²) in [4.78, 5) is 13.6. The molecule has 6 nitrogen and oxygen atoms in total. The highest BCUT2D eigenvalue weighted by Crippen LogP contribution is 2.39. The fourth-order valence-electron chi connectivity index (χ4n) is 3.03. The summed E-state index contributed by atoms with van der Waals surface area (Å²) in [6.07, 6.45) is 0.389. The van der Waals surface area contributed by atoms with Crippen molar-refractivity contribution in [2.45, 2.75) is 32.5 Å². The molecule has 0 spiro atoms. The van der Waals surface area contributed by atoms with Gasteiger partial charge in [-0.2, -0.15) is 0 Å². The average molecular weight is 308 g/mol. The van der Waals surface area contributed by atoms with Crippen molar-refractivity contribution < 1.29 is 19.0 Å². The van der Waals surface area contributed by atoms with Crippen molar-refractivity contribution in [2.75, 3.05) is 28.4 Å². The van der Waals surface area contributed by atoms with Crippen LogP contribution in [-0.4, -0.2) is 45.4 Å². The van der Waals surface area contributed by atoms with E-state index in [9.17, 15) is 4.79 Å². The van der Waals surface area contributed by atoms with Crippen molar-refractivity contribution in [3.05, 3.63) is 22.8 Å². The van der Waals surface area contributed by atoms with Crippen LogP contribution in [-0.2, 0) is 24.2 Å². The second-order valence-electron chi connectivity index (χ2n) is 5.41. The highest BCUT2D eigenvalue weighted by Gasteiger charge is 2.32. The van der Waals surface area contributed by atoms with Crippen LogP contribution in [0.5, 0.6) is 11.5 Å². The molecule has 122 valence electrons. The lowest BCUT2D eigenvalue weighted by molar-refractivity contribution is 0.0993. The number of nitrogens with one attached hydrogen (secondary N) is 1. The number of carbonyl (C=O) groups is 1. The zero-order chi connectivity index (χ0) is 16.3. The molecule has 0 aromatic heterocycles. The van der Waals surface area contributed by atoms with Crippen LogP contribution >= 0.6 is 0 Å². The summed E-state index contributed by atoms with van der Waals surface area (Å²) in [7, 11) is 6.62. The third-order valence-corrected chi connectivity index (χ3v) is 4.09. The van der Waals surface area contributed by atoms with E-state index in [0.717, 1.165) is 28.2 Å². The number of nitrogens with zero attached hydrogens (tertiary/aromatic N) is 1. The predicted octanol–water partition coefficient (Wildman–Crippen LogP) is 1.94. The predicted molar refractivity (Wildman–Crippen MR) is 83.4 cm³/mol. The van der Waals surface area contributed by atoms with E-state index < -0.39 is 0 Å². The molecule has 1 N–H and O–H groups in total. The minimum absolute atomic E-state index is 0.0448. The lowest BCUT2D eigenvalue weighted by atomic mass is 9.91. The van der Waals surface area contributed by atoms with Crippen LogP contribution in [0.25, 0.3) is 0 Å². The van der Waals surface area contributed by atoms with Crippen molar-refractivity contribution >= 4 is 6.09 Å². The van der Waals surface area contributed by atoms with Crippen molar-refractivity contribution in [3.63, 3.8) is 0 Å². The van der Waals surface area contributed by atoms with E-state index in [0.29, 0.717) is 19.5 Å². The summed E-state index contributed by atoms with van der Waals surface area (Å²) in [6, 6.07) is 2.02. The van der Waals surface area contributed by atoms with Gasteiger partial charge in [-0.15, -0.1) is 0 Å². The van der Waals surface area contributed by atoms with E-state index in [1.54, 1.807) is 19.1 Å². The highest BCUT2D eigenvalue weighted by atomic mass is 16.5. The molecule has 22 heavy (non-hydrogen) atoms. The van der Waals surface area contributed by atoms with Gasteiger partial charge in [-0.3, -0.25) is 0 Å². The molecule has 1 amide bonds. The minimum atomic E-state index is -0.321. The molecule has 0 fully saturated rings. The summed E-state index contributed by atoms with van der Waals surface area (Å²) in [5, 5.41) is 3.14. The number of hydrogen-bond donors (Lipinski definition) is 1. The van der Waals surface area contributed by atoms with Gasteiger partial charge in [0.1, 0.15) is 11.5 Å². The van der Waals surface area contributed by atoms with Crippen molar-refractivity contribution in [3.8, 4) is 11.5 Å². The molecule has 0 radical (unpaired) electrons. The smallest absolute Gasteiger partial charge is 0.410 e. The minimum Gasteiger partial charge on any atom is -0.496 e. The van der Waals surface area contributed by atoms with Gasteiger partial charge in [0.2, 0.25) is 0 Å². The largest absolute Gasteiger partial charge is 0.496 e. The van der Waals surface area contributed by atoms with Crippen molar-refractivity contribution in [2.24, 2.45) is 0 Å². The molecule has 0 aliphatic carbocycles. The number of carbonyl (C=O) groups excluding carboxylic acids is 1. The molecule has 1 atom stereocenters. The number of fused-ring (bicyclic) bond motifs is 1. The van der Waals surface area contributed by atoms with Crippen LogP contribution in [0.2, 0.25) is 0 Å². The zero-order valence-corrected chi connectivity index (χ0v) is 13.9. The first-order valence-electron chi connectivity index (χ1n) is 7.32. The Bertz CT molecular complexity index is 560. The molecule has 6 heteroatoms. The molecule has 1 heterocycles. The molecule has 1 aromatic rings. The fourth-order valence-corrected chi connectivity index (χ4v) is 3.03.